The maximum atomic E-state index is 13.7. The Balaban J connectivity index is 1.44. The van der Waals surface area contributed by atoms with E-state index in [-0.39, 0.29) is 18.3 Å². The van der Waals surface area contributed by atoms with Crippen molar-refractivity contribution < 1.29 is 17.9 Å². The lowest BCUT2D eigenvalue weighted by Crippen LogP contribution is -2.11. The minimum absolute atomic E-state index is 0.0293. The van der Waals surface area contributed by atoms with E-state index in [1.165, 1.54) is 16.9 Å². The zero-order valence-corrected chi connectivity index (χ0v) is 15.3. The van der Waals surface area contributed by atoms with Crippen LogP contribution in [0.5, 0.6) is 6.01 Å². The lowest BCUT2D eigenvalue weighted by molar-refractivity contribution is 0.0137. The highest BCUT2D eigenvalue weighted by atomic mass is 19.3. The Kier molecular flexibility index (Phi) is 4.83. The Morgan fingerprint density at radius 2 is 2.00 bits per heavy atom. The van der Waals surface area contributed by atoms with Gasteiger partial charge in [-0.3, -0.25) is 4.99 Å². The zero-order valence-electron chi connectivity index (χ0n) is 15.3. The number of hydrogen-bond donors (Lipinski definition) is 0. The summed E-state index contributed by atoms with van der Waals surface area (Å²) in [5.74, 6) is -4.29. The number of halogens is 3. The third-order valence-electron chi connectivity index (χ3n) is 4.19. The average Bonchev–Trinajstić information content (AvgIpc) is 3.39. The molecule has 2 aromatic heterocycles. The van der Waals surface area contributed by atoms with E-state index in [0.717, 1.165) is 23.3 Å². The second-order valence-corrected chi connectivity index (χ2v) is 6.40. The smallest absolute Gasteiger partial charge is 0.316 e. The summed E-state index contributed by atoms with van der Waals surface area (Å²) < 4.78 is 47.4. The molecule has 0 N–H and O–H groups in total. The summed E-state index contributed by atoms with van der Waals surface area (Å²) >= 11 is 0. The molecule has 0 fully saturated rings. The molecule has 7 nitrogen and oxygen atoms in total. The third-order valence-corrected chi connectivity index (χ3v) is 4.19. The second-order valence-electron chi connectivity index (χ2n) is 6.40. The van der Waals surface area contributed by atoms with Gasteiger partial charge in [-0.15, -0.1) is 5.10 Å². The first-order valence-electron chi connectivity index (χ1n) is 8.65. The zero-order chi connectivity index (χ0) is 20.4. The first-order valence-corrected chi connectivity index (χ1v) is 8.65. The predicted octanol–water partition coefficient (Wildman–Crippen LogP) is 3.35. The van der Waals surface area contributed by atoms with E-state index in [1.54, 1.807) is 18.6 Å². The van der Waals surface area contributed by atoms with Crippen LogP contribution in [0.4, 0.5) is 13.2 Å². The minimum atomic E-state index is -3.31. The van der Waals surface area contributed by atoms with Gasteiger partial charge in [-0.1, -0.05) is 11.3 Å². The normalized spacial score (nSPS) is 13.6. The first kappa shape index (κ1) is 18.8. The van der Waals surface area contributed by atoms with Crippen LogP contribution in [-0.4, -0.2) is 37.7 Å². The van der Waals surface area contributed by atoms with E-state index in [4.69, 9.17) is 4.74 Å². The molecule has 0 saturated carbocycles. The number of aromatic nitrogens is 5. The molecule has 29 heavy (non-hydrogen) atoms. The Morgan fingerprint density at radius 1 is 1.21 bits per heavy atom. The molecular weight excluding hydrogens is 385 g/mol. The summed E-state index contributed by atoms with van der Waals surface area (Å²) in [6, 6.07) is 3.51. The standard InChI is InChI=1S/C19H15F3N6O/c1-19(21,22)16-6-15(2-3-17(16)20)28-10-14(26-27-28)11-29-18-24-8-13(9-25-18)12-4-5-23-7-12/h2-4,6-10H,5,11H2,1H3. The minimum Gasteiger partial charge on any atom is -0.457 e. The molecule has 0 unspecified atom stereocenters. The molecule has 10 heteroatoms. The van der Waals surface area contributed by atoms with Crippen LogP contribution in [0.1, 0.15) is 23.7 Å². The number of hydrogen-bond acceptors (Lipinski definition) is 6. The SMILES string of the molecule is CC(F)(F)c1cc(-n2cc(COc3ncc(C4=CCN=C4)cn3)nn2)ccc1F. The van der Waals surface area contributed by atoms with E-state index >= 15 is 0 Å². The molecule has 1 aliphatic rings. The summed E-state index contributed by atoms with van der Waals surface area (Å²) in [4.78, 5) is 12.4. The Bertz CT molecular complexity index is 1090. The van der Waals surface area contributed by atoms with Gasteiger partial charge in [0.1, 0.15) is 18.1 Å². The van der Waals surface area contributed by atoms with Crippen LogP contribution in [0.2, 0.25) is 0 Å². The molecule has 0 spiro atoms. The molecule has 1 aliphatic heterocycles. The van der Waals surface area contributed by atoms with Gasteiger partial charge in [-0.05, 0) is 18.2 Å². The lowest BCUT2D eigenvalue weighted by Gasteiger charge is -2.12. The van der Waals surface area contributed by atoms with Crippen molar-refractivity contribution in [2.24, 2.45) is 4.99 Å². The van der Waals surface area contributed by atoms with Gasteiger partial charge >= 0.3 is 6.01 Å². The van der Waals surface area contributed by atoms with Crippen molar-refractivity contribution in [3.8, 4) is 11.7 Å². The average molecular weight is 400 g/mol. The second kappa shape index (κ2) is 7.46. The van der Waals surface area contributed by atoms with Crippen molar-refractivity contribution in [3.63, 3.8) is 0 Å². The number of nitrogens with zero attached hydrogens (tertiary/aromatic N) is 6. The van der Waals surface area contributed by atoms with Crippen LogP contribution in [0.15, 0.2) is 47.9 Å². The number of benzene rings is 1. The highest BCUT2D eigenvalue weighted by Crippen LogP contribution is 2.30. The summed E-state index contributed by atoms with van der Waals surface area (Å²) in [6.45, 7) is 1.31. The van der Waals surface area contributed by atoms with Gasteiger partial charge in [0.2, 0.25) is 0 Å². The number of rotatable bonds is 6. The van der Waals surface area contributed by atoms with Crippen LogP contribution in [0.25, 0.3) is 11.3 Å². The number of alkyl halides is 2. The topological polar surface area (TPSA) is 78.1 Å². The van der Waals surface area contributed by atoms with Gasteiger partial charge < -0.3 is 4.74 Å². The molecule has 0 saturated heterocycles. The first-order chi connectivity index (χ1) is 13.9. The molecule has 3 aromatic rings. The molecule has 0 bridgehead atoms. The van der Waals surface area contributed by atoms with Crippen molar-refractivity contribution in [2.45, 2.75) is 19.5 Å². The highest BCUT2D eigenvalue weighted by molar-refractivity contribution is 6.11. The Morgan fingerprint density at radius 3 is 2.69 bits per heavy atom. The van der Waals surface area contributed by atoms with E-state index in [1.807, 2.05) is 6.08 Å². The maximum Gasteiger partial charge on any atom is 0.316 e. The van der Waals surface area contributed by atoms with E-state index in [2.05, 4.69) is 25.3 Å². The fraction of sp³-hybridized carbons (Fsp3) is 0.211. The van der Waals surface area contributed by atoms with Crippen LogP contribution >= 0.6 is 0 Å². The quantitative estimate of drug-likeness (QED) is 0.634. The van der Waals surface area contributed by atoms with Crippen molar-refractivity contribution in [1.29, 1.82) is 0 Å². The van der Waals surface area contributed by atoms with Crippen LogP contribution < -0.4 is 4.74 Å². The molecule has 0 amide bonds. The Hall–Kier alpha value is -3.56. The fourth-order valence-electron chi connectivity index (χ4n) is 2.71. The molecule has 148 valence electrons. The highest BCUT2D eigenvalue weighted by Gasteiger charge is 2.28. The van der Waals surface area contributed by atoms with E-state index in [0.29, 0.717) is 19.2 Å². The molecule has 0 atom stereocenters. The molecule has 4 rings (SSSR count). The molecule has 0 radical (unpaired) electrons. The van der Waals surface area contributed by atoms with Gasteiger partial charge in [0.05, 0.1) is 24.0 Å². The van der Waals surface area contributed by atoms with Gasteiger partial charge in [0.25, 0.3) is 5.92 Å². The molecule has 1 aromatic carbocycles. The van der Waals surface area contributed by atoms with Gasteiger partial charge in [0.15, 0.2) is 0 Å². The predicted molar refractivity (Wildman–Crippen MR) is 98.6 cm³/mol. The van der Waals surface area contributed by atoms with Crippen LogP contribution in [-0.2, 0) is 12.5 Å². The third kappa shape index (κ3) is 4.15. The summed E-state index contributed by atoms with van der Waals surface area (Å²) in [7, 11) is 0. The van der Waals surface area contributed by atoms with Gasteiger partial charge in [-0.25, -0.2) is 27.8 Å². The van der Waals surface area contributed by atoms with Crippen LogP contribution in [0, 0.1) is 5.82 Å². The summed E-state index contributed by atoms with van der Waals surface area (Å²) in [5, 5.41) is 7.80. The van der Waals surface area contributed by atoms with Gasteiger partial charge in [-0.2, -0.15) is 0 Å². The summed E-state index contributed by atoms with van der Waals surface area (Å²) in [5.41, 5.74) is 1.77. The molecule has 0 aliphatic carbocycles. The van der Waals surface area contributed by atoms with Crippen molar-refractivity contribution in [3.05, 3.63) is 65.5 Å². The number of aliphatic imine (C=N–C) groups is 1. The maximum absolute atomic E-state index is 13.7. The summed E-state index contributed by atoms with van der Waals surface area (Å²) in [6.07, 6.45) is 8.49. The van der Waals surface area contributed by atoms with Crippen LogP contribution in [0.3, 0.4) is 0 Å². The number of allylic oxidation sites excluding steroid dienone is 1. The lowest BCUT2D eigenvalue weighted by atomic mass is 10.1. The van der Waals surface area contributed by atoms with Gasteiger partial charge in [0, 0.05) is 36.7 Å². The van der Waals surface area contributed by atoms with Crippen molar-refractivity contribution in [2.75, 3.05) is 6.54 Å². The van der Waals surface area contributed by atoms with Crippen molar-refractivity contribution >= 4 is 11.8 Å². The number of ether oxygens (including phenoxy) is 1. The fourth-order valence-corrected chi connectivity index (χ4v) is 2.71. The monoisotopic (exact) mass is 400 g/mol. The van der Waals surface area contributed by atoms with E-state index in [9.17, 15) is 13.2 Å². The van der Waals surface area contributed by atoms with E-state index < -0.39 is 17.3 Å². The largest absolute Gasteiger partial charge is 0.457 e. The van der Waals surface area contributed by atoms with Crippen molar-refractivity contribution in [1.82, 2.24) is 25.0 Å². The Labute approximate surface area is 163 Å². The molecular formula is C19H15F3N6O. The molecule has 3 heterocycles.